The van der Waals surface area contributed by atoms with Crippen LogP contribution in [-0.4, -0.2) is 43.5 Å². The maximum atomic E-state index is 12.0. The molecule has 1 aliphatic rings. The van der Waals surface area contributed by atoms with Crippen molar-refractivity contribution < 1.29 is 4.79 Å². The van der Waals surface area contributed by atoms with Crippen LogP contribution in [0.5, 0.6) is 0 Å². The van der Waals surface area contributed by atoms with Crippen LogP contribution >= 0.6 is 0 Å². The molecule has 4 heteroatoms. The van der Waals surface area contributed by atoms with Crippen LogP contribution in [0, 0.1) is 5.92 Å². The Kier molecular flexibility index (Phi) is 6.70. The van der Waals surface area contributed by atoms with Crippen LogP contribution in [-0.2, 0) is 11.3 Å². The van der Waals surface area contributed by atoms with Gasteiger partial charge in [0, 0.05) is 13.1 Å². The van der Waals surface area contributed by atoms with Crippen molar-refractivity contribution in [3.63, 3.8) is 0 Å². The Morgan fingerprint density at radius 1 is 1.33 bits per heavy atom. The molecular formula is C17H27N3O. The van der Waals surface area contributed by atoms with Crippen molar-refractivity contribution >= 4 is 5.91 Å². The zero-order chi connectivity index (χ0) is 14.9. The van der Waals surface area contributed by atoms with Gasteiger partial charge in [0.05, 0.1) is 6.54 Å². The summed E-state index contributed by atoms with van der Waals surface area (Å²) in [5.74, 6) is 0.809. The fourth-order valence-corrected chi connectivity index (χ4v) is 2.87. The van der Waals surface area contributed by atoms with Gasteiger partial charge in [-0.2, -0.15) is 0 Å². The maximum absolute atomic E-state index is 12.0. The molecule has 2 N–H and O–H groups in total. The molecule has 21 heavy (non-hydrogen) atoms. The fraction of sp³-hybridized carbons (Fsp3) is 0.588. The van der Waals surface area contributed by atoms with Crippen molar-refractivity contribution in [3.05, 3.63) is 35.9 Å². The molecule has 1 aromatic rings. The predicted molar refractivity (Wildman–Crippen MR) is 86.0 cm³/mol. The summed E-state index contributed by atoms with van der Waals surface area (Å²) in [7, 11) is 0. The van der Waals surface area contributed by atoms with Gasteiger partial charge in [0.25, 0.3) is 0 Å². The zero-order valence-electron chi connectivity index (χ0n) is 13.0. The van der Waals surface area contributed by atoms with Crippen LogP contribution in [0.2, 0.25) is 0 Å². The molecule has 0 saturated carbocycles. The lowest BCUT2D eigenvalue weighted by Gasteiger charge is -2.32. The molecule has 0 radical (unpaired) electrons. The monoisotopic (exact) mass is 289 g/mol. The second-order valence-electron chi connectivity index (χ2n) is 5.81. The lowest BCUT2D eigenvalue weighted by atomic mass is 9.98. The Morgan fingerprint density at radius 3 is 2.90 bits per heavy atom. The minimum absolute atomic E-state index is 0.128. The molecule has 0 spiro atoms. The summed E-state index contributed by atoms with van der Waals surface area (Å²) in [6.07, 6.45) is 2.47. The van der Waals surface area contributed by atoms with Crippen molar-refractivity contribution in [3.8, 4) is 0 Å². The highest BCUT2D eigenvalue weighted by atomic mass is 16.2. The lowest BCUT2D eigenvalue weighted by Crippen LogP contribution is -2.44. The quantitative estimate of drug-likeness (QED) is 0.802. The second-order valence-corrected chi connectivity index (χ2v) is 5.81. The number of carbonyl (C=O) groups excluding carboxylic acids is 1. The third-order valence-electron chi connectivity index (χ3n) is 3.99. The topological polar surface area (TPSA) is 44.4 Å². The molecular weight excluding hydrogens is 262 g/mol. The third-order valence-corrected chi connectivity index (χ3v) is 3.99. The lowest BCUT2D eigenvalue weighted by molar-refractivity contribution is -0.122. The van der Waals surface area contributed by atoms with Gasteiger partial charge in [-0.3, -0.25) is 9.69 Å². The molecule has 1 heterocycles. The molecule has 4 nitrogen and oxygen atoms in total. The van der Waals surface area contributed by atoms with Gasteiger partial charge in [-0.1, -0.05) is 37.3 Å². The average Bonchev–Trinajstić information content (AvgIpc) is 2.52. The molecule has 1 aliphatic heterocycles. The molecule has 116 valence electrons. The summed E-state index contributed by atoms with van der Waals surface area (Å²) in [4.78, 5) is 14.3. The number of nitrogens with one attached hydrogen (secondary N) is 2. The van der Waals surface area contributed by atoms with Crippen molar-refractivity contribution in [2.24, 2.45) is 5.92 Å². The van der Waals surface area contributed by atoms with Crippen LogP contribution in [0.1, 0.15) is 25.3 Å². The zero-order valence-corrected chi connectivity index (χ0v) is 13.0. The molecule has 1 amide bonds. The van der Waals surface area contributed by atoms with Gasteiger partial charge in [-0.05, 0) is 44.0 Å². The highest BCUT2D eigenvalue weighted by Crippen LogP contribution is 2.15. The van der Waals surface area contributed by atoms with Crippen molar-refractivity contribution in [1.82, 2.24) is 15.5 Å². The largest absolute Gasteiger partial charge is 0.351 e. The van der Waals surface area contributed by atoms with E-state index < -0.39 is 0 Å². The molecule has 2 rings (SSSR count). The highest BCUT2D eigenvalue weighted by Gasteiger charge is 2.20. The van der Waals surface area contributed by atoms with Crippen LogP contribution in [0.25, 0.3) is 0 Å². The van der Waals surface area contributed by atoms with Gasteiger partial charge in [0.1, 0.15) is 0 Å². The van der Waals surface area contributed by atoms with E-state index in [0.29, 0.717) is 19.0 Å². The number of carbonyl (C=O) groups is 1. The number of benzene rings is 1. The van der Waals surface area contributed by atoms with E-state index in [0.717, 1.165) is 31.7 Å². The molecule has 1 unspecified atom stereocenters. The summed E-state index contributed by atoms with van der Waals surface area (Å²) in [6.45, 7) is 7.45. The van der Waals surface area contributed by atoms with Gasteiger partial charge in [-0.25, -0.2) is 0 Å². The normalized spacial score (nSPS) is 19.4. The first-order chi connectivity index (χ1) is 10.3. The standard InChI is InChI=1S/C17H27N3O/c1-2-18-11-16-9-6-10-20(13-16)14-17(21)19-12-15-7-4-3-5-8-15/h3-5,7-8,16,18H,2,6,9-14H2,1H3,(H,19,21). The first-order valence-corrected chi connectivity index (χ1v) is 8.01. The highest BCUT2D eigenvalue weighted by molar-refractivity contribution is 5.78. The van der Waals surface area contributed by atoms with Crippen molar-refractivity contribution in [2.45, 2.75) is 26.3 Å². The van der Waals surface area contributed by atoms with Crippen LogP contribution in [0.3, 0.4) is 0 Å². The Bertz CT molecular complexity index is 421. The SMILES string of the molecule is CCNCC1CCCN(CC(=O)NCc2ccccc2)C1. The van der Waals surface area contributed by atoms with E-state index in [-0.39, 0.29) is 5.91 Å². The van der Waals surface area contributed by atoms with E-state index in [9.17, 15) is 4.79 Å². The van der Waals surface area contributed by atoms with E-state index in [1.165, 1.54) is 12.8 Å². The smallest absolute Gasteiger partial charge is 0.234 e. The van der Waals surface area contributed by atoms with Gasteiger partial charge >= 0.3 is 0 Å². The summed E-state index contributed by atoms with van der Waals surface area (Å²) >= 11 is 0. The molecule has 0 aliphatic carbocycles. The average molecular weight is 289 g/mol. The molecule has 1 saturated heterocycles. The number of rotatable bonds is 7. The van der Waals surface area contributed by atoms with E-state index in [4.69, 9.17) is 0 Å². The number of amides is 1. The first kappa shape index (κ1) is 16.0. The van der Waals surface area contributed by atoms with E-state index in [1.807, 2.05) is 30.3 Å². The summed E-state index contributed by atoms with van der Waals surface area (Å²) < 4.78 is 0. The Hall–Kier alpha value is -1.39. The van der Waals surface area contributed by atoms with E-state index in [2.05, 4.69) is 22.5 Å². The van der Waals surface area contributed by atoms with Crippen LogP contribution in [0.15, 0.2) is 30.3 Å². The maximum Gasteiger partial charge on any atom is 0.234 e. The first-order valence-electron chi connectivity index (χ1n) is 8.01. The second kappa shape index (κ2) is 8.80. The summed E-state index contributed by atoms with van der Waals surface area (Å²) in [5.41, 5.74) is 1.15. The van der Waals surface area contributed by atoms with Gasteiger partial charge < -0.3 is 10.6 Å². The van der Waals surface area contributed by atoms with Gasteiger partial charge in [0.2, 0.25) is 5.91 Å². The number of hydrogen-bond donors (Lipinski definition) is 2. The number of piperidine rings is 1. The van der Waals surface area contributed by atoms with E-state index >= 15 is 0 Å². The molecule has 0 bridgehead atoms. The Morgan fingerprint density at radius 2 is 2.14 bits per heavy atom. The van der Waals surface area contributed by atoms with E-state index in [1.54, 1.807) is 0 Å². The molecule has 1 fully saturated rings. The van der Waals surface area contributed by atoms with Crippen LogP contribution < -0.4 is 10.6 Å². The van der Waals surface area contributed by atoms with Crippen LogP contribution in [0.4, 0.5) is 0 Å². The van der Waals surface area contributed by atoms with Gasteiger partial charge in [0.15, 0.2) is 0 Å². The Labute approximate surface area is 127 Å². The summed E-state index contributed by atoms with van der Waals surface area (Å²) in [6, 6.07) is 10.1. The number of hydrogen-bond acceptors (Lipinski definition) is 3. The van der Waals surface area contributed by atoms with Crippen molar-refractivity contribution in [2.75, 3.05) is 32.7 Å². The minimum Gasteiger partial charge on any atom is -0.351 e. The fourth-order valence-electron chi connectivity index (χ4n) is 2.87. The molecule has 1 aromatic carbocycles. The molecule has 1 atom stereocenters. The number of likely N-dealkylation sites (tertiary alicyclic amines) is 1. The third kappa shape index (κ3) is 5.86. The number of nitrogens with zero attached hydrogens (tertiary/aromatic N) is 1. The summed E-state index contributed by atoms with van der Waals surface area (Å²) in [5, 5.41) is 6.42. The Balaban J connectivity index is 1.69. The van der Waals surface area contributed by atoms with Crippen molar-refractivity contribution in [1.29, 1.82) is 0 Å². The van der Waals surface area contributed by atoms with Gasteiger partial charge in [-0.15, -0.1) is 0 Å². The molecule has 0 aromatic heterocycles. The minimum atomic E-state index is 0.128. The predicted octanol–water partition coefficient (Wildman–Crippen LogP) is 1.62.